The molecule has 1 atom stereocenters. The molecule has 0 unspecified atom stereocenters. The molecule has 1 amide bonds. The van der Waals surface area contributed by atoms with Gasteiger partial charge in [0, 0.05) is 6.08 Å². The van der Waals surface area contributed by atoms with Crippen LogP contribution in [0.4, 0.5) is 0 Å². The van der Waals surface area contributed by atoms with E-state index < -0.39 is 0 Å². The maximum absolute atomic E-state index is 11.9. The molecule has 0 aliphatic rings. The lowest BCUT2D eigenvalue weighted by Crippen LogP contribution is -2.40. The third kappa shape index (κ3) is 4.08. The Balaban J connectivity index is 1.92. The first-order valence-corrected chi connectivity index (χ1v) is 6.49. The quantitative estimate of drug-likeness (QED) is 0.814. The minimum atomic E-state index is -0.153. The highest BCUT2D eigenvalue weighted by Gasteiger charge is 2.16. The molecule has 6 nitrogen and oxygen atoms in total. The maximum atomic E-state index is 11.9. The molecule has 0 saturated carbocycles. The SMILES string of the molecule is CC(C)[C@@H](Cn1cncn1)NC(=O)/C=C/c1ccco1. The van der Waals surface area contributed by atoms with Crippen LogP contribution in [0.3, 0.4) is 0 Å². The van der Waals surface area contributed by atoms with E-state index in [1.807, 2.05) is 0 Å². The van der Waals surface area contributed by atoms with Gasteiger partial charge in [-0.3, -0.25) is 9.48 Å². The van der Waals surface area contributed by atoms with Crippen LogP contribution in [-0.4, -0.2) is 26.7 Å². The van der Waals surface area contributed by atoms with E-state index in [1.165, 1.54) is 12.4 Å². The molecule has 0 aliphatic carbocycles. The average Bonchev–Trinajstić information content (AvgIpc) is 3.08. The molecule has 0 saturated heterocycles. The summed E-state index contributed by atoms with van der Waals surface area (Å²) in [6.45, 7) is 4.70. The van der Waals surface area contributed by atoms with Gasteiger partial charge < -0.3 is 9.73 Å². The predicted octanol–water partition coefficient (Wildman–Crippen LogP) is 1.73. The first-order chi connectivity index (χ1) is 9.65. The minimum absolute atomic E-state index is 0.00884. The van der Waals surface area contributed by atoms with Gasteiger partial charge in [0.15, 0.2) is 0 Å². The Morgan fingerprint density at radius 1 is 1.55 bits per heavy atom. The van der Waals surface area contributed by atoms with E-state index in [4.69, 9.17) is 4.42 Å². The van der Waals surface area contributed by atoms with Gasteiger partial charge in [0.1, 0.15) is 18.4 Å². The van der Waals surface area contributed by atoms with Crippen molar-refractivity contribution in [1.82, 2.24) is 20.1 Å². The molecule has 2 rings (SSSR count). The van der Waals surface area contributed by atoms with Crippen LogP contribution in [-0.2, 0) is 11.3 Å². The largest absolute Gasteiger partial charge is 0.465 e. The van der Waals surface area contributed by atoms with Gasteiger partial charge in [-0.15, -0.1) is 0 Å². The molecular formula is C14H18N4O2. The van der Waals surface area contributed by atoms with Gasteiger partial charge in [0.2, 0.25) is 5.91 Å². The van der Waals surface area contributed by atoms with Crippen molar-refractivity contribution >= 4 is 12.0 Å². The molecule has 0 spiro atoms. The zero-order valence-electron chi connectivity index (χ0n) is 11.6. The summed E-state index contributed by atoms with van der Waals surface area (Å²) in [5.41, 5.74) is 0. The number of amides is 1. The van der Waals surface area contributed by atoms with E-state index in [0.29, 0.717) is 18.2 Å². The molecule has 2 aromatic heterocycles. The van der Waals surface area contributed by atoms with Crippen LogP contribution in [0.2, 0.25) is 0 Å². The number of aromatic nitrogens is 3. The fourth-order valence-corrected chi connectivity index (χ4v) is 1.73. The lowest BCUT2D eigenvalue weighted by molar-refractivity contribution is -0.117. The minimum Gasteiger partial charge on any atom is -0.465 e. The molecule has 2 heterocycles. The Kier molecular flexibility index (Phi) is 4.70. The lowest BCUT2D eigenvalue weighted by Gasteiger charge is -2.21. The van der Waals surface area contributed by atoms with E-state index >= 15 is 0 Å². The molecule has 1 N–H and O–H groups in total. The van der Waals surface area contributed by atoms with Crippen LogP contribution in [0.5, 0.6) is 0 Å². The monoisotopic (exact) mass is 274 g/mol. The highest BCUT2D eigenvalue weighted by Crippen LogP contribution is 2.05. The number of furan rings is 1. The van der Waals surface area contributed by atoms with E-state index in [9.17, 15) is 4.79 Å². The van der Waals surface area contributed by atoms with Crippen molar-refractivity contribution in [3.05, 3.63) is 42.9 Å². The van der Waals surface area contributed by atoms with Crippen molar-refractivity contribution in [2.75, 3.05) is 0 Å². The van der Waals surface area contributed by atoms with Crippen molar-refractivity contribution < 1.29 is 9.21 Å². The molecule has 0 radical (unpaired) electrons. The highest BCUT2D eigenvalue weighted by molar-refractivity contribution is 5.91. The number of carbonyl (C=O) groups excluding carboxylic acids is 1. The van der Waals surface area contributed by atoms with Crippen molar-refractivity contribution in [3.8, 4) is 0 Å². The Morgan fingerprint density at radius 2 is 2.40 bits per heavy atom. The molecule has 0 aromatic carbocycles. The number of hydrogen-bond donors (Lipinski definition) is 1. The third-order valence-electron chi connectivity index (χ3n) is 2.92. The summed E-state index contributed by atoms with van der Waals surface area (Å²) in [7, 11) is 0. The Morgan fingerprint density at radius 3 is 3.00 bits per heavy atom. The maximum Gasteiger partial charge on any atom is 0.244 e. The molecule has 20 heavy (non-hydrogen) atoms. The summed E-state index contributed by atoms with van der Waals surface area (Å²) in [5, 5.41) is 7.01. The number of nitrogens with zero attached hydrogens (tertiary/aromatic N) is 3. The Hall–Kier alpha value is -2.37. The zero-order chi connectivity index (χ0) is 14.4. The fraction of sp³-hybridized carbons (Fsp3) is 0.357. The summed E-state index contributed by atoms with van der Waals surface area (Å²) in [5.74, 6) is 0.790. The van der Waals surface area contributed by atoms with E-state index in [1.54, 1.807) is 35.5 Å². The molecule has 6 heteroatoms. The van der Waals surface area contributed by atoms with Crippen LogP contribution >= 0.6 is 0 Å². The molecular weight excluding hydrogens is 256 g/mol. The van der Waals surface area contributed by atoms with Gasteiger partial charge in [-0.25, -0.2) is 4.98 Å². The number of rotatable bonds is 6. The van der Waals surface area contributed by atoms with Gasteiger partial charge in [0.25, 0.3) is 0 Å². The molecule has 106 valence electrons. The molecule has 2 aromatic rings. The van der Waals surface area contributed by atoms with Crippen molar-refractivity contribution in [3.63, 3.8) is 0 Å². The summed E-state index contributed by atoms with van der Waals surface area (Å²) < 4.78 is 6.84. The predicted molar refractivity (Wildman–Crippen MR) is 74.5 cm³/mol. The average molecular weight is 274 g/mol. The van der Waals surface area contributed by atoms with Crippen molar-refractivity contribution in [2.45, 2.75) is 26.4 Å². The molecule has 0 aliphatic heterocycles. The first kappa shape index (κ1) is 14.0. The van der Waals surface area contributed by atoms with Crippen LogP contribution in [0.15, 0.2) is 41.5 Å². The van der Waals surface area contributed by atoms with E-state index in [0.717, 1.165) is 0 Å². The van der Waals surface area contributed by atoms with Crippen LogP contribution < -0.4 is 5.32 Å². The molecule has 0 fully saturated rings. The van der Waals surface area contributed by atoms with Crippen molar-refractivity contribution in [1.29, 1.82) is 0 Å². The van der Waals surface area contributed by atoms with E-state index in [-0.39, 0.29) is 11.9 Å². The number of nitrogens with one attached hydrogen (secondary N) is 1. The van der Waals surface area contributed by atoms with Gasteiger partial charge in [-0.05, 0) is 24.1 Å². The highest BCUT2D eigenvalue weighted by atomic mass is 16.3. The second kappa shape index (κ2) is 6.70. The second-order valence-corrected chi connectivity index (χ2v) is 4.83. The van der Waals surface area contributed by atoms with Crippen LogP contribution in [0, 0.1) is 5.92 Å². The van der Waals surface area contributed by atoms with Gasteiger partial charge in [0.05, 0.1) is 18.8 Å². The lowest BCUT2D eigenvalue weighted by atomic mass is 10.0. The fourth-order valence-electron chi connectivity index (χ4n) is 1.73. The Labute approximate surface area is 117 Å². The summed E-state index contributed by atoms with van der Waals surface area (Å²) in [6.07, 6.45) is 7.80. The number of hydrogen-bond acceptors (Lipinski definition) is 4. The van der Waals surface area contributed by atoms with E-state index in [2.05, 4.69) is 29.2 Å². The second-order valence-electron chi connectivity index (χ2n) is 4.83. The molecule has 0 bridgehead atoms. The zero-order valence-corrected chi connectivity index (χ0v) is 11.6. The third-order valence-corrected chi connectivity index (χ3v) is 2.92. The number of carbonyl (C=O) groups is 1. The first-order valence-electron chi connectivity index (χ1n) is 6.49. The Bertz CT molecular complexity index is 544. The van der Waals surface area contributed by atoms with Gasteiger partial charge in [-0.2, -0.15) is 5.10 Å². The summed E-state index contributed by atoms with van der Waals surface area (Å²) in [6, 6.07) is 3.56. The smallest absolute Gasteiger partial charge is 0.244 e. The van der Waals surface area contributed by atoms with Gasteiger partial charge >= 0.3 is 0 Å². The van der Waals surface area contributed by atoms with Crippen LogP contribution in [0.1, 0.15) is 19.6 Å². The van der Waals surface area contributed by atoms with Gasteiger partial charge in [-0.1, -0.05) is 13.8 Å². The standard InChI is InChI=1S/C14H18N4O2/c1-11(2)13(8-18-10-15-9-16-18)17-14(19)6-5-12-4-3-7-20-12/h3-7,9-11,13H,8H2,1-2H3,(H,17,19)/b6-5+/t13-/m1/s1. The summed E-state index contributed by atoms with van der Waals surface area (Å²) >= 11 is 0. The normalized spacial score (nSPS) is 12.9. The van der Waals surface area contributed by atoms with Crippen molar-refractivity contribution in [2.24, 2.45) is 5.92 Å². The van der Waals surface area contributed by atoms with Crippen LogP contribution in [0.25, 0.3) is 6.08 Å². The summed E-state index contributed by atoms with van der Waals surface area (Å²) in [4.78, 5) is 15.8. The topological polar surface area (TPSA) is 73.0 Å².